The van der Waals surface area contributed by atoms with Crippen molar-refractivity contribution in [1.82, 2.24) is 9.88 Å². The van der Waals surface area contributed by atoms with Gasteiger partial charge in [-0.25, -0.2) is 4.98 Å². The number of pyridine rings is 1. The third-order valence-corrected chi connectivity index (χ3v) is 6.30. The molecule has 0 radical (unpaired) electrons. The van der Waals surface area contributed by atoms with Crippen LogP contribution in [0.15, 0.2) is 30.5 Å². The second-order valence-corrected chi connectivity index (χ2v) is 8.06. The van der Waals surface area contributed by atoms with Crippen molar-refractivity contribution in [1.29, 1.82) is 0 Å². The highest BCUT2D eigenvalue weighted by molar-refractivity contribution is 7.99. The number of hydrogen-bond donors (Lipinski definition) is 0. The van der Waals surface area contributed by atoms with E-state index < -0.39 is 0 Å². The molecule has 1 aromatic carbocycles. The molecule has 0 spiro atoms. The molecule has 2 aliphatic heterocycles. The Labute approximate surface area is 169 Å². The van der Waals surface area contributed by atoms with Crippen LogP contribution in [0, 0.1) is 0 Å². The molecule has 4 rings (SSSR count). The first-order valence-corrected chi connectivity index (χ1v) is 10.6. The topological polar surface area (TPSA) is 60.9 Å². The summed E-state index contributed by atoms with van der Waals surface area (Å²) in [5.41, 5.74) is 2.80. The monoisotopic (exact) mass is 400 g/mol. The van der Waals surface area contributed by atoms with Crippen LogP contribution in [0.1, 0.15) is 27.9 Å². The van der Waals surface area contributed by atoms with Crippen molar-refractivity contribution < 1.29 is 19.0 Å². The largest absolute Gasteiger partial charge is 0.493 e. The van der Waals surface area contributed by atoms with Crippen molar-refractivity contribution in [2.45, 2.75) is 25.5 Å². The van der Waals surface area contributed by atoms with E-state index in [1.165, 1.54) is 5.56 Å². The summed E-state index contributed by atoms with van der Waals surface area (Å²) in [6.45, 7) is 1.18. The van der Waals surface area contributed by atoms with E-state index in [-0.39, 0.29) is 12.0 Å². The molecule has 2 aliphatic rings. The number of amides is 1. The van der Waals surface area contributed by atoms with Crippen LogP contribution in [-0.4, -0.2) is 54.2 Å². The smallest absolute Gasteiger partial charge is 0.259 e. The third-order valence-electron chi connectivity index (χ3n) is 5.17. The summed E-state index contributed by atoms with van der Waals surface area (Å²) in [6, 6.07) is 7.56. The maximum Gasteiger partial charge on any atom is 0.259 e. The predicted octanol–water partition coefficient (Wildman–Crippen LogP) is 3.18. The van der Waals surface area contributed by atoms with Crippen molar-refractivity contribution >= 4 is 17.7 Å². The average molecular weight is 401 g/mol. The van der Waals surface area contributed by atoms with Gasteiger partial charge >= 0.3 is 0 Å². The summed E-state index contributed by atoms with van der Waals surface area (Å²) in [5, 5.41) is 0. The number of thioether (sulfide) groups is 1. The maximum atomic E-state index is 13.2. The average Bonchev–Trinajstić information content (AvgIpc) is 3.25. The van der Waals surface area contributed by atoms with Gasteiger partial charge in [-0.2, -0.15) is 11.8 Å². The number of nitrogens with zero attached hydrogens (tertiary/aromatic N) is 2. The highest BCUT2D eigenvalue weighted by atomic mass is 32.2. The molecule has 6 nitrogen and oxygen atoms in total. The summed E-state index contributed by atoms with van der Waals surface area (Å²) >= 11 is 1.87. The van der Waals surface area contributed by atoms with Crippen LogP contribution < -0.4 is 14.2 Å². The zero-order chi connectivity index (χ0) is 19.5. The van der Waals surface area contributed by atoms with E-state index in [1.54, 1.807) is 32.5 Å². The van der Waals surface area contributed by atoms with Gasteiger partial charge in [0, 0.05) is 25.0 Å². The highest BCUT2D eigenvalue weighted by Crippen LogP contribution is 2.34. The Morgan fingerprint density at radius 3 is 2.71 bits per heavy atom. The summed E-state index contributed by atoms with van der Waals surface area (Å²) in [6.07, 6.45) is 3.58. The van der Waals surface area contributed by atoms with Crippen LogP contribution in [0.2, 0.25) is 0 Å². The van der Waals surface area contributed by atoms with Gasteiger partial charge in [-0.1, -0.05) is 0 Å². The molecule has 1 unspecified atom stereocenters. The van der Waals surface area contributed by atoms with Gasteiger partial charge in [-0.05, 0) is 54.0 Å². The fourth-order valence-corrected chi connectivity index (χ4v) is 4.73. The Morgan fingerprint density at radius 2 is 2.00 bits per heavy atom. The lowest BCUT2D eigenvalue weighted by atomic mass is 9.98. The molecule has 0 N–H and O–H groups in total. The van der Waals surface area contributed by atoms with Gasteiger partial charge in [0.1, 0.15) is 11.7 Å². The van der Waals surface area contributed by atoms with Crippen LogP contribution in [-0.2, 0) is 13.0 Å². The maximum absolute atomic E-state index is 13.2. The third kappa shape index (κ3) is 3.76. The lowest BCUT2D eigenvalue weighted by Gasteiger charge is -2.30. The van der Waals surface area contributed by atoms with Crippen LogP contribution >= 0.6 is 11.8 Å². The molecule has 1 saturated heterocycles. The molecule has 0 bridgehead atoms. The van der Waals surface area contributed by atoms with Crippen molar-refractivity contribution in [3.05, 3.63) is 47.2 Å². The number of carbonyl (C=O) groups is 1. The Balaban J connectivity index is 1.55. The molecular formula is C21H24N2O4S. The second-order valence-electron chi connectivity index (χ2n) is 6.91. The normalized spacial score (nSPS) is 18.5. The Kier molecular flexibility index (Phi) is 5.62. The van der Waals surface area contributed by atoms with Crippen LogP contribution in [0.5, 0.6) is 17.4 Å². The van der Waals surface area contributed by atoms with Gasteiger partial charge in [0.2, 0.25) is 5.88 Å². The standard InChI is InChI=1S/C21H24N2O4S/c1-25-18-10-14-5-8-23(12-15(14)11-19(18)26-2)21(24)17-4-3-7-22-20(17)27-16-6-9-28-13-16/h3-4,7,10-11,16H,5-6,8-9,12-13H2,1-2H3. The van der Waals surface area contributed by atoms with E-state index in [0.717, 1.165) is 35.7 Å². The highest BCUT2D eigenvalue weighted by Gasteiger charge is 2.27. The van der Waals surface area contributed by atoms with Gasteiger partial charge in [-0.3, -0.25) is 4.79 Å². The van der Waals surface area contributed by atoms with E-state index >= 15 is 0 Å². The lowest BCUT2D eigenvalue weighted by Crippen LogP contribution is -2.36. The second kappa shape index (κ2) is 8.31. The number of carbonyl (C=O) groups excluding carboxylic acids is 1. The minimum atomic E-state index is -0.0471. The summed E-state index contributed by atoms with van der Waals surface area (Å²) < 4.78 is 16.8. The zero-order valence-corrected chi connectivity index (χ0v) is 17.0. The minimum Gasteiger partial charge on any atom is -0.493 e. The van der Waals surface area contributed by atoms with Crippen LogP contribution in [0.25, 0.3) is 0 Å². The quantitative estimate of drug-likeness (QED) is 0.768. The fourth-order valence-electron chi connectivity index (χ4n) is 3.64. The van der Waals surface area contributed by atoms with E-state index in [4.69, 9.17) is 14.2 Å². The molecule has 1 amide bonds. The molecule has 148 valence electrons. The van der Waals surface area contributed by atoms with Crippen molar-refractivity contribution in [2.75, 3.05) is 32.3 Å². The van der Waals surface area contributed by atoms with Crippen LogP contribution in [0.3, 0.4) is 0 Å². The molecule has 3 heterocycles. The molecule has 7 heteroatoms. The molecular weight excluding hydrogens is 376 g/mol. The van der Waals surface area contributed by atoms with Gasteiger partial charge < -0.3 is 19.1 Å². The van der Waals surface area contributed by atoms with E-state index in [9.17, 15) is 4.79 Å². The number of hydrogen-bond acceptors (Lipinski definition) is 6. The van der Waals surface area contributed by atoms with Gasteiger partial charge in [0.15, 0.2) is 11.5 Å². The number of ether oxygens (including phenoxy) is 3. The van der Waals surface area contributed by atoms with Crippen molar-refractivity contribution in [3.8, 4) is 17.4 Å². The molecule has 1 aromatic heterocycles. The van der Waals surface area contributed by atoms with Gasteiger partial charge in [0.05, 0.1) is 14.2 Å². The summed E-state index contributed by atoms with van der Waals surface area (Å²) in [4.78, 5) is 19.4. The molecule has 28 heavy (non-hydrogen) atoms. The predicted molar refractivity (Wildman–Crippen MR) is 109 cm³/mol. The first-order valence-electron chi connectivity index (χ1n) is 9.42. The number of methoxy groups -OCH3 is 2. The zero-order valence-electron chi connectivity index (χ0n) is 16.1. The fraction of sp³-hybridized carbons (Fsp3) is 0.429. The van der Waals surface area contributed by atoms with Gasteiger partial charge in [0.25, 0.3) is 5.91 Å². The number of aromatic nitrogens is 1. The first-order chi connectivity index (χ1) is 13.7. The van der Waals surface area contributed by atoms with Crippen molar-refractivity contribution in [3.63, 3.8) is 0 Å². The summed E-state index contributed by atoms with van der Waals surface area (Å²) in [7, 11) is 3.26. The Hall–Kier alpha value is -2.41. The Bertz CT molecular complexity index is 867. The molecule has 1 fully saturated rings. The van der Waals surface area contributed by atoms with E-state index in [2.05, 4.69) is 4.98 Å². The first kappa shape index (κ1) is 18.9. The number of fused-ring (bicyclic) bond motifs is 1. The molecule has 1 atom stereocenters. The SMILES string of the molecule is COc1cc2c(cc1OC)CN(C(=O)c1cccnc1OC1CCSC1)CC2. The number of benzene rings is 1. The minimum absolute atomic E-state index is 0.0471. The van der Waals surface area contributed by atoms with E-state index in [0.29, 0.717) is 30.3 Å². The summed E-state index contributed by atoms with van der Waals surface area (Å²) in [5.74, 6) is 3.84. The lowest BCUT2D eigenvalue weighted by molar-refractivity contribution is 0.0726. The molecule has 0 aliphatic carbocycles. The van der Waals surface area contributed by atoms with Gasteiger partial charge in [-0.15, -0.1) is 0 Å². The molecule has 2 aromatic rings. The Morgan fingerprint density at radius 1 is 1.21 bits per heavy atom. The van der Waals surface area contributed by atoms with Crippen LogP contribution in [0.4, 0.5) is 0 Å². The molecule has 0 saturated carbocycles. The van der Waals surface area contributed by atoms with Crippen molar-refractivity contribution in [2.24, 2.45) is 0 Å². The van der Waals surface area contributed by atoms with E-state index in [1.807, 2.05) is 28.8 Å². The number of rotatable bonds is 5.